The van der Waals surface area contributed by atoms with Crippen molar-refractivity contribution in [3.63, 3.8) is 0 Å². The normalized spacial score (nSPS) is 12.3. The van der Waals surface area contributed by atoms with E-state index in [1.54, 1.807) is 0 Å². The number of unbranched alkanes of at least 4 members (excludes halogenated alkanes) is 8. The van der Waals surface area contributed by atoms with Crippen molar-refractivity contribution in [1.82, 2.24) is 0 Å². The van der Waals surface area contributed by atoms with Gasteiger partial charge >= 0.3 is 5.97 Å². The van der Waals surface area contributed by atoms with E-state index in [2.05, 4.69) is 20.4 Å². The van der Waals surface area contributed by atoms with Crippen LogP contribution in [0.1, 0.15) is 90.9 Å². The zero-order valence-corrected chi connectivity index (χ0v) is 13.6. The minimum absolute atomic E-state index is 0.351. The summed E-state index contributed by atoms with van der Waals surface area (Å²) in [5.74, 6) is -0.226. The second-order valence-electron chi connectivity index (χ2n) is 6.17. The Morgan fingerprint density at radius 1 is 0.950 bits per heavy atom. The van der Waals surface area contributed by atoms with Crippen LogP contribution in [-0.4, -0.2) is 11.1 Å². The summed E-state index contributed by atoms with van der Waals surface area (Å²) >= 11 is 0. The van der Waals surface area contributed by atoms with Crippen molar-refractivity contribution in [3.8, 4) is 0 Å². The first-order valence-corrected chi connectivity index (χ1v) is 8.49. The SMILES string of the molecule is C=C(CCC(C)CCCCCCCCCCC)C(=O)O. The van der Waals surface area contributed by atoms with Gasteiger partial charge in [-0.2, -0.15) is 0 Å². The number of aliphatic carboxylic acids is 1. The van der Waals surface area contributed by atoms with Gasteiger partial charge in [0.15, 0.2) is 0 Å². The first-order valence-electron chi connectivity index (χ1n) is 8.49. The molecule has 0 heterocycles. The number of hydrogen-bond acceptors (Lipinski definition) is 1. The van der Waals surface area contributed by atoms with Crippen molar-refractivity contribution >= 4 is 5.97 Å². The summed E-state index contributed by atoms with van der Waals surface area (Å²) < 4.78 is 0. The third-order valence-electron chi connectivity index (χ3n) is 4.04. The van der Waals surface area contributed by atoms with Gasteiger partial charge in [0.2, 0.25) is 0 Å². The lowest BCUT2D eigenvalue weighted by atomic mass is 9.95. The highest BCUT2D eigenvalue weighted by Crippen LogP contribution is 2.18. The van der Waals surface area contributed by atoms with Gasteiger partial charge in [-0.25, -0.2) is 4.79 Å². The van der Waals surface area contributed by atoms with Crippen LogP contribution < -0.4 is 0 Å². The van der Waals surface area contributed by atoms with Crippen LogP contribution in [0.15, 0.2) is 12.2 Å². The molecule has 20 heavy (non-hydrogen) atoms. The summed E-state index contributed by atoms with van der Waals surface area (Å²) in [6.45, 7) is 8.06. The molecule has 118 valence electrons. The van der Waals surface area contributed by atoms with Gasteiger partial charge in [-0.05, 0) is 18.8 Å². The van der Waals surface area contributed by atoms with Crippen LogP contribution in [0.5, 0.6) is 0 Å². The number of carboxylic acids is 1. The Hall–Kier alpha value is -0.790. The first kappa shape index (κ1) is 19.2. The molecule has 0 fully saturated rings. The van der Waals surface area contributed by atoms with Gasteiger partial charge in [0.1, 0.15) is 0 Å². The second kappa shape index (κ2) is 13.2. The molecular weight excluding hydrogens is 248 g/mol. The molecule has 0 rings (SSSR count). The lowest BCUT2D eigenvalue weighted by Crippen LogP contribution is -2.02. The van der Waals surface area contributed by atoms with Crippen LogP contribution in [0.4, 0.5) is 0 Å². The predicted octanol–water partition coefficient (Wildman–Crippen LogP) is 5.96. The van der Waals surface area contributed by atoms with Crippen molar-refractivity contribution < 1.29 is 9.90 Å². The van der Waals surface area contributed by atoms with E-state index in [0.717, 1.165) is 6.42 Å². The minimum Gasteiger partial charge on any atom is -0.478 e. The van der Waals surface area contributed by atoms with E-state index >= 15 is 0 Å². The Balaban J connectivity index is 3.29. The average molecular weight is 282 g/mol. The monoisotopic (exact) mass is 282 g/mol. The summed E-state index contributed by atoms with van der Waals surface area (Å²) in [4.78, 5) is 10.6. The van der Waals surface area contributed by atoms with E-state index in [4.69, 9.17) is 5.11 Å². The van der Waals surface area contributed by atoms with E-state index in [-0.39, 0.29) is 0 Å². The molecule has 2 nitrogen and oxygen atoms in total. The van der Waals surface area contributed by atoms with Crippen molar-refractivity contribution in [2.75, 3.05) is 0 Å². The fraction of sp³-hybridized carbons (Fsp3) is 0.833. The maximum Gasteiger partial charge on any atom is 0.330 e. The van der Waals surface area contributed by atoms with E-state index < -0.39 is 5.97 Å². The highest BCUT2D eigenvalue weighted by molar-refractivity contribution is 5.85. The summed E-state index contributed by atoms with van der Waals surface area (Å²) in [5.41, 5.74) is 0.351. The number of carbonyl (C=O) groups is 1. The fourth-order valence-corrected chi connectivity index (χ4v) is 2.48. The summed E-state index contributed by atoms with van der Waals surface area (Å²) in [5, 5.41) is 8.75. The summed E-state index contributed by atoms with van der Waals surface area (Å²) in [6.07, 6.45) is 15.1. The molecule has 0 saturated heterocycles. The fourth-order valence-electron chi connectivity index (χ4n) is 2.48. The van der Waals surface area contributed by atoms with E-state index in [0.29, 0.717) is 17.9 Å². The molecule has 1 N–H and O–H groups in total. The van der Waals surface area contributed by atoms with Crippen LogP contribution in [0.25, 0.3) is 0 Å². The number of rotatable bonds is 14. The smallest absolute Gasteiger partial charge is 0.330 e. The lowest BCUT2D eigenvalue weighted by Gasteiger charge is -2.11. The Labute approximate surface area is 125 Å². The van der Waals surface area contributed by atoms with Crippen molar-refractivity contribution in [3.05, 3.63) is 12.2 Å². The molecule has 0 bridgehead atoms. The maximum atomic E-state index is 10.6. The Morgan fingerprint density at radius 3 is 1.95 bits per heavy atom. The third kappa shape index (κ3) is 12.3. The third-order valence-corrected chi connectivity index (χ3v) is 4.04. The van der Waals surface area contributed by atoms with Gasteiger partial charge in [-0.15, -0.1) is 0 Å². The predicted molar refractivity (Wildman–Crippen MR) is 87.0 cm³/mol. The molecular formula is C18H34O2. The number of hydrogen-bond donors (Lipinski definition) is 1. The van der Waals surface area contributed by atoms with Gasteiger partial charge in [0.05, 0.1) is 0 Å². The molecule has 0 aliphatic heterocycles. The molecule has 0 aliphatic carbocycles. The zero-order chi connectivity index (χ0) is 15.2. The van der Waals surface area contributed by atoms with Gasteiger partial charge in [0.25, 0.3) is 0 Å². The molecule has 1 atom stereocenters. The Morgan fingerprint density at radius 2 is 1.45 bits per heavy atom. The van der Waals surface area contributed by atoms with Gasteiger partial charge in [-0.1, -0.05) is 84.6 Å². The largest absolute Gasteiger partial charge is 0.478 e. The van der Waals surface area contributed by atoms with E-state index in [1.165, 1.54) is 64.2 Å². The highest BCUT2D eigenvalue weighted by Gasteiger charge is 2.07. The zero-order valence-electron chi connectivity index (χ0n) is 13.6. The molecule has 0 radical (unpaired) electrons. The second-order valence-corrected chi connectivity index (χ2v) is 6.17. The van der Waals surface area contributed by atoms with Gasteiger partial charge < -0.3 is 5.11 Å². The molecule has 0 aromatic heterocycles. The molecule has 0 aromatic carbocycles. The van der Waals surface area contributed by atoms with Crippen LogP contribution in [0.2, 0.25) is 0 Å². The van der Waals surface area contributed by atoms with Crippen molar-refractivity contribution in [2.24, 2.45) is 5.92 Å². The lowest BCUT2D eigenvalue weighted by molar-refractivity contribution is -0.132. The first-order chi connectivity index (χ1) is 9.57. The minimum atomic E-state index is -0.847. The molecule has 2 heteroatoms. The standard InChI is InChI=1S/C18H34O2/c1-4-5-6-7-8-9-10-11-12-13-16(2)14-15-17(3)18(19)20/h16H,3-15H2,1-2H3,(H,19,20). The molecule has 0 saturated carbocycles. The molecule has 0 aliphatic rings. The highest BCUT2D eigenvalue weighted by atomic mass is 16.4. The van der Waals surface area contributed by atoms with E-state index in [1.807, 2.05) is 0 Å². The van der Waals surface area contributed by atoms with Crippen molar-refractivity contribution in [2.45, 2.75) is 90.9 Å². The van der Waals surface area contributed by atoms with Gasteiger partial charge in [-0.3, -0.25) is 0 Å². The Bertz CT molecular complexity index is 258. The molecule has 0 amide bonds. The summed E-state index contributed by atoms with van der Waals surface area (Å²) in [6, 6.07) is 0. The maximum absolute atomic E-state index is 10.6. The average Bonchev–Trinajstić information content (AvgIpc) is 2.42. The van der Waals surface area contributed by atoms with Crippen LogP contribution in [0, 0.1) is 5.92 Å². The van der Waals surface area contributed by atoms with E-state index in [9.17, 15) is 4.79 Å². The topological polar surface area (TPSA) is 37.3 Å². The quantitative estimate of drug-likeness (QED) is 0.315. The van der Waals surface area contributed by atoms with Crippen LogP contribution in [0.3, 0.4) is 0 Å². The Kier molecular flexibility index (Phi) is 12.7. The molecule has 1 unspecified atom stereocenters. The molecule has 0 spiro atoms. The van der Waals surface area contributed by atoms with Crippen LogP contribution >= 0.6 is 0 Å². The van der Waals surface area contributed by atoms with Crippen molar-refractivity contribution in [1.29, 1.82) is 0 Å². The number of carboxylic acid groups (broad SMARTS) is 1. The van der Waals surface area contributed by atoms with Gasteiger partial charge in [0, 0.05) is 5.57 Å². The summed E-state index contributed by atoms with van der Waals surface area (Å²) in [7, 11) is 0. The van der Waals surface area contributed by atoms with Crippen LogP contribution in [-0.2, 0) is 4.79 Å². The molecule has 0 aromatic rings.